The maximum Gasteiger partial charge on any atom is 0.416 e. The molecule has 0 N–H and O–H groups in total. The van der Waals surface area contributed by atoms with Crippen LogP contribution in [0.5, 0.6) is 0 Å². The first kappa shape index (κ1) is 23.8. The second kappa shape index (κ2) is 8.33. The Kier molecular flexibility index (Phi) is 5.82. The minimum atomic E-state index is -4.90. The van der Waals surface area contributed by atoms with Gasteiger partial charge < -0.3 is 9.21 Å². The van der Waals surface area contributed by atoms with E-state index in [0.29, 0.717) is 12.2 Å². The summed E-state index contributed by atoms with van der Waals surface area (Å²) in [6.45, 7) is 3.14. The molecule has 0 radical (unpaired) electrons. The molecule has 2 aromatic rings. The van der Waals surface area contributed by atoms with Crippen LogP contribution >= 0.6 is 11.9 Å². The summed E-state index contributed by atoms with van der Waals surface area (Å²) in [6.07, 6.45) is -5.78. The highest BCUT2D eigenvalue weighted by Gasteiger charge is 2.46. The van der Waals surface area contributed by atoms with Gasteiger partial charge >= 0.3 is 12.4 Å². The van der Waals surface area contributed by atoms with Crippen LogP contribution in [0.2, 0.25) is 0 Å². The Morgan fingerprint density at radius 1 is 0.882 bits per heavy atom. The Hall–Kier alpha value is -1.94. The highest BCUT2D eigenvalue weighted by atomic mass is 32.2. The molecule has 1 saturated carbocycles. The average Bonchev–Trinajstić information content (AvgIpc) is 3.53. The van der Waals surface area contributed by atoms with Gasteiger partial charge in [0.25, 0.3) is 0 Å². The van der Waals surface area contributed by atoms with E-state index in [9.17, 15) is 30.7 Å². The van der Waals surface area contributed by atoms with E-state index in [2.05, 4.69) is 4.90 Å². The lowest BCUT2D eigenvalue weighted by Crippen LogP contribution is -2.45. The Labute approximate surface area is 197 Å². The van der Waals surface area contributed by atoms with Crippen LogP contribution in [0, 0.1) is 11.7 Å². The van der Waals surface area contributed by atoms with Crippen molar-refractivity contribution in [1.82, 2.24) is 4.90 Å². The molecule has 184 valence electrons. The van der Waals surface area contributed by atoms with Crippen molar-refractivity contribution in [3.8, 4) is 0 Å². The van der Waals surface area contributed by atoms with Crippen LogP contribution in [-0.4, -0.2) is 31.1 Å². The van der Waals surface area contributed by atoms with Crippen molar-refractivity contribution >= 4 is 17.6 Å². The minimum Gasteiger partial charge on any atom is -0.311 e. The normalized spacial score (nSPS) is 20.7. The zero-order valence-corrected chi connectivity index (χ0v) is 19.0. The van der Waals surface area contributed by atoms with E-state index in [1.807, 2.05) is 0 Å². The standard InChI is InChI=1S/C24H23F7N2S/c25-18-3-4-21-20(12-18)22(5-7-32(8-6-22)13-15-1-2-15)14-33(21)34-19-10-16(23(26,27)28)9-17(11-19)24(29,30)31/h3-4,9-12,15H,1-2,5-8,13-14H2. The molecule has 10 heteroatoms. The van der Waals surface area contributed by atoms with Gasteiger partial charge in [-0.2, -0.15) is 26.3 Å². The third kappa shape index (κ3) is 4.76. The molecule has 1 aliphatic carbocycles. The van der Waals surface area contributed by atoms with Gasteiger partial charge in [-0.15, -0.1) is 0 Å². The summed E-state index contributed by atoms with van der Waals surface area (Å²) >= 11 is 0.847. The molecule has 0 bridgehead atoms. The summed E-state index contributed by atoms with van der Waals surface area (Å²) in [5, 5.41) is 0. The number of piperidine rings is 1. The molecule has 1 saturated heterocycles. The SMILES string of the molecule is Fc1ccc2c(c1)C1(CCN(CC3CC3)CC1)CN2Sc1cc(C(F)(F)F)cc(C(F)(F)F)c1. The molecule has 5 rings (SSSR count). The summed E-state index contributed by atoms with van der Waals surface area (Å²) < 4.78 is 95.8. The zero-order valence-electron chi connectivity index (χ0n) is 18.1. The van der Waals surface area contributed by atoms with E-state index < -0.39 is 29.3 Å². The molecule has 0 atom stereocenters. The first-order chi connectivity index (χ1) is 15.9. The van der Waals surface area contributed by atoms with Crippen LogP contribution in [-0.2, 0) is 17.8 Å². The van der Waals surface area contributed by atoms with Crippen molar-refractivity contribution in [3.05, 3.63) is 58.9 Å². The highest BCUT2D eigenvalue weighted by Crippen LogP contribution is 2.51. The first-order valence-corrected chi connectivity index (χ1v) is 12.0. The molecule has 0 unspecified atom stereocenters. The van der Waals surface area contributed by atoms with E-state index in [1.54, 1.807) is 10.4 Å². The maximum absolute atomic E-state index is 14.2. The molecule has 2 aliphatic heterocycles. The Morgan fingerprint density at radius 2 is 1.50 bits per heavy atom. The van der Waals surface area contributed by atoms with Crippen LogP contribution in [0.15, 0.2) is 41.3 Å². The predicted molar refractivity (Wildman–Crippen MR) is 116 cm³/mol. The van der Waals surface area contributed by atoms with Crippen molar-refractivity contribution in [1.29, 1.82) is 0 Å². The number of rotatable bonds is 4. The van der Waals surface area contributed by atoms with Gasteiger partial charge in [-0.1, -0.05) is 0 Å². The van der Waals surface area contributed by atoms with Crippen LogP contribution < -0.4 is 4.31 Å². The largest absolute Gasteiger partial charge is 0.416 e. The van der Waals surface area contributed by atoms with Gasteiger partial charge in [-0.3, -0.25) is 0 Å². The fraction of sp³-hybridized carbons (Fsp3) is 0.500. The van der Waals surface area contributed by atoms with Crippen LogP contribution in [0.3, 0.4) is 0 Å². The van der Waals surface area contributed by atoms with Gasteiger partial charge in [0, 0.05) is 23.4 Å². The topological polar surface area (TPSA) is 6.48 Å². The van der Waals surface area contributed by atoms with Gasteiger partial charge in [0.2, 0.25) is 0 Å². The summed E-state index contributed by atoms with van der Waals surface area (Å²) in [6, 6.07) is 5.94. The van der Waals surface area contributed by atoms with Gasteiger partial charge in [0.05, 0.1) is 16.8 Å². The molecule has 3 aliphatic rings. The molecular weight excluding hydrogens is 481 g/mol. The fourth-order valence-electron chi connectivity index (χ4n) is 5.04. The van der Waals surface area contributed by atoms with Crippen molar-refractivity contribution in [2.24, 2.45) is 5.92 Å². The van der Waals surface area contributed by atoms with Crippen LogP contribution in [0.4, 0.5) is 36.4 Å². The number of hydrogen-bond donors (Lipinski definition) is 0. The minimum absolute atomic E-state index is 0.133. The van der Waals surface area contributed by atoms with Gasteiger partial charge in [0.1, 0.15) is 5.82 Å². The molecule has 2 nitrogen and oxygen atoms in total. The summed E-state index contributed by atoms with van der Waals surface area (Å²) in [7, 11) is 0. The molecular formula is C24H23F7N2S. The fourth-order valence-corrected chi connectivity index (χ4v) is 6.22. The van der Waals surface area contributed by atoms with Crippen LogP contribution in [0.1, 0.15) is 42.4 Å². The molecule has 1 spiro atoms. The number of alkyl halides is 6. The van der Waals surface area contributed by atoms with Crippen molar-refractivity contribution in [2.75, 3.05) is 30.5 Å². The third-order valence-electron chi connectivity index (χ3n) is 7.05. The van der Waals surface area contributed by atoms with E-state index in [1.165, 1.54) is 25.0 Å². The Bertz CT molecular complexity index is 1040. The predicted octanol–water partition coefficient (Wildman–Crippen LogP) is 7.13. The number of hydrogen-bond acceptors (Lipinski definition) is 3. The summed E-state index contributed by atoms with van der Waals surface area (Å²) in [5.74, 6) is 0.349. The van der Waals surface area contributed by atoms with E-state index in [-0.39, 0.29) is 16.4 Å². The van der Waals surface area contributed by atoms with Gasteiger partial charge in [-0.25, -0.2) is 4.39 Å². The lowest BCUT2D eigenvalue weighted by atomic mass is 9.74. The van der Waals surface area contributed by atoms with Crippen molar-refractivity contribution in [2.45, 2.75) is 48.3 Å². The maximum atomic E-state index is 14.2. The lowest BCUT2D eigenvalue weighted by Gasteiger charge is -2.40. The second-order valence-electron chi connectivity index (χ2n) is 9.56. The van der Waals surface area contributed by atoms with Crippen molar-refractivity contribution in [3.63, 3.8) is 0 Å². The summed E-state index contributed by atoms with van der Waals surface area (Å²) in [5.41, 5.74) is -1.63. The lowest BCUT2D eigenvalue weighted by molar-refractivity contribution is -0.143. The number of fused-ring (bicyclic) bond motifs is 2. The van der Waals surface area contributed by atoms with E-state index in [4.69, 9.17) is 0 Å². The smallest absolute Gasteiger partial charge is 0.311 e. The number of anilines is 1. The number of nitrogens with zero attached hydrogens (tertiary/aromatic N) is 2. The molecule has 34 heavy (non-hydrogen) atoms. The Balaban J connectivity index is 1.44. The van der Waals surface area contributed by atoms with Gasteiger partial charge in [0.15, 0.2) is 0 Å². The molecule has 0 amide bonds. The highest BCUT2D eigenvalue weighted by molar-refractivity contribution is 8.00. The monoisotopic (exact) mass is 504 g/mol. The molecule has 2 heterocycles. The van der Waals surface area contributed by atoms with E-state index in [0.717, 1.165) is 68.0 Å². The number of likely N-dealkylation sites (tertiary alicyclic amines) is 1. The molecule has 2 aromatic carbocycles. The second-order valence-corrected chi connectivity index (χ2v) is 10.7. The van der Waals surface area contributed by atoms with Crippen LogP contribution in [0.25, 0.3) is 0 Å². The first-order valence-electron chi connectivity index (χ1n) is 11.2. The average molecular weight is 505 g/mol. The van der Waals surface area contributed by atoms with Crippen molar-refractivity contribution < 1.29 is 30.7 Å². The van der Waals surface area contributed by atoms with Gasteiger partial charge in [-0.05, 0) is 98.6 Å². The zero-order chi connectivity index (χ0) is 24.3. The number of halogens is 7. The van der Waals surface area contributed by atoms with E-state index >= 15 is 0 Å². The Morgan fingerprint density at radius 3 is 2.06 bits per heavy atom. The third-order valence-corrected chi connectivity index (χ3v) is 8.04. The summed E-state index contributed by atoms with van der Waals surface area (Å²) in [4.78, 5) is 2.25. The molecule has 2 fully saturated rings. The quantitative estimate of drug-likeness (QED) is 0.323. The molecule has 0 aromatic heterocycles. The number of benzene rings is 2.